The van der Waals surface area contributed by atoms with Crippen molar-refractivity contribution in [3.05, 3.63) is 60.6 Å². The lowest BCUT2D eigenvalue weighted by Crippen LogP contribution is -2.19. The van der Waals surface area contributed by atoms with Gasteiger partial charge in [-0.25, -0.2) is 15.0 Å². The minimum absolute atomic E-state index is 0.104. The van der Waals surface area contributed by atoms with Gasteiger partial charge in [-0.05, 0) is 29.8 Å². The van der Waals surface area contributed by atoms with Crippen molar-refractivity contribution >= 4 is 11.7 Å². The van der Waals surface area contributed by atoms with Crippen LogP contribution >= 0.6 is 0 Å². The highest BCUT2D eigenvalue weighted by atomic mass is 16.5. The highest BCUT2D eigenvalue weighted by Crippen LogP contribution is 2.13. The van der Waals surface area contributed by atoms with Crippen molar-refractivity contribution in [2.75, 3.05) is 19.0 Å². The maximum absolute atomic E-state index is 12.0. The van der Waals surface area contributed by atoms with Crippen LogP contribution in [0.25, 0.3) is 11.5 Å². The molecule has 1 amide bonds. The fourth-order valence-corrected chi connectivity index (χ4v) is 2.14. The number of nitrogens with zero attached hydrogens (tertiary/aromatic N) is 4. The van der Waals surface area contributed by atoms with E-state index in [0.717, 1.165) is 5.56 Å². The SMILES string of the molecule is COc1cc(COCC(=O)Nc2ccnc(-c3ccccn3)n2)ccn1. The number of ether oxygens (including phenoxy) is 2. The summed E-state index contributed by atoms with van der Waals surface area (Å²) in [5.41, 5.74) is 1.50. The molecular formula is C18H17N5O3. The third-order valence-electron chi connectivity index (χ3n) is 3.33. The summed E-state index contributed by atoms with van der Waals surface area (Å²) in [6.07, 6.45) is 4.85. The van der Waals surface area contributed by atoms with Crippen LogP contribution in [0.15, 0.2) is 55.0 Å². The summed E-state index contributed by atoms with van der Waals surface area (Å²) in [4.78, 5) is 28.7. The van der Waals surface area contributed by atoms with Crippen LogP contribution in [0.2, 0.25) is 0 Å². The molecule has 0 radical (unpaired) electrons. The minimum Gasteiger partial charge on any atom is -0.481 e. The third kappa shape index (κ3) is 4.81. The van der Waals surface area contributed by atoms with Gasteiger partial charge in [-0.15, -0.1) is 0 Å². The third-order valence-corrected chi connectivity index (χ3v) is 3.33. The summed E-state index contributed by atoms with van der Waals surface area (Å²) in [7, 11) is 1.54. The first-order chi connectivity index (χ1) is 12.7. The number of pyridine rings is 2. The normalized spacial score (nSPS) is 10.3. The van der Waals surface area contributed by atoms with Gasteiger partial charge in [0.05, 0.1) is 13.7 Å². The molecule has 26 heavy (non-hydrogen) atoms. The van der Waals surface area contributed by atoms with Crippen molar-refractivity contribution in [3.8, 4) is 17.4 Å². The summed E-state index contributed by atoms with van der Waals surface area (Å²) in [5.74, 6) is 1.02. The predicted molar refractivity (Wildman–Crippen MR) is 94.3 cm³/mol. The molecule has 8 nitrogen and oxygen atoms in total. The summed E-state index contributed by atoms with van der Waals surface area (Å²) in [5, 5.41) is 2.68. The topological polar surface area (TPSA) is 99.1 Å². The molecular weight excluding hydrogens is 334 g/mol. The van der Waals surface area contributed by atoms with E-state index in [4.69, 9.17) is 9.47 Å². The zero-order valence-corrected chi connectivity index (χ0v) is 14.1. The van der Waals surface area contributed by atoms with E-state index in [9.17, 15) is 4.79 Å². The Hall–Kier alpha value is -3.39. The zero-order chi connectivity index (χ0) is 18.2. The molecule has 0 aliphatic rings. The predicted octanol–water partition coefficient (Wildman–Crippen LogP) is 2.10. The zero-order valence-electron chi connectivity index (χ0n) is 14.1. The summed E-state index contributed by atoms with van der Waals surface area (Å²) < 4.78 is 10.5. The average Bonchev–Trinajstić information content (AvgIpc) is 2.69. The van der Waals surface area contributed by atoms with E-state index >= 15 is 0 Å². The Morgan fingerprint density at radius 2 is 1.96 bits per heavy atom. The Labute approximate surface area is 150 Å². The molecule has 0 aliphatic carbocycles. The van der Waals surface area contributed by atoms with E-state index in [1.54, 1.807) is 50.0 Å². The van der Waals surface area contributed by atoms with Crippen molar-refractivity contribution in [3.63, 3.8) is 0 Å². The molecule has 3 aromatic heterocycles. The molecule has 3 rings (SSSR count). The molecule has 0 bridgehead atoms. The Morgan fingerprint density at radius 3 is 2.77 bits per heavy atom. The molecule has 0 saturated heterocycles. The van der Waals surface area contributed by atoms with Gasteiger partial charge < -0.3 is 14.8 Å². The van der Waals surface area contributed by atoms with Crippen LogP contribution in [0.1, 0.15) is 5.56 Å². The molecule has 0 fully saturated rings. The number of amides is 1. The fourth-order valence-electron chi connectivity index (χ4n) is 2.14. The first-order valence-corrected chi connectivity index (χ1v) is 7.85. The van der Waals surface area contributed by atoms with Gasteiger partial charge in [0.25, 0.3) is 5.91 Å². The molecule has 0 spiro atoms. The number of anilines is 1. The minimum atomic E-state index is -0.309. The molecule has 132 valence electrons. The van der Waals surface area contributed by atoms with E-state index in [1.165, 1.54) is 0 Å². The maximum Gasteiger partial charge on any atom is 0.251 e. The van der Waals surface area contributed by atoms with Crippen molar-refractivity contribution in [1.29, 1.82) is 0 Å². The second-order valence-electron chi connectivity index (χ2n) is 5.23. The van der Waals surface area contributed by atoms with Crippen LogP contribution in [0.4, 0.5) is 5.82 Å². The van der Waals surface area contributed by atoms with Gasteiger partial charge in [-0.2, -0.15) is 0 Å². The number of nitrogens with one attached hydrogen (secondary N) is 1. The van der Waals surface area contributed by atoms with Crippen LogP contribution in [-0.4, -0.2) is 39.6 Å². The number of carbonyl (C=O) groups is 1. The van der Waals surface area contributed by atoms with E-state index in [1.807, 2.05) is 12.1 Å². The van der Waals surface area contributed by atoms with Gasteiger partial charge in [0.2, 0.25) is 5.88 Å². The van der Waals surface area contributed by atoms with Gasteiger partial charge >= 0.3 is 0 Å². The summed E-state index contributed by atoms with van der Waals surface area (Å²) in [6.45, 7) is 0.169. The van der Waals surface area contributed by atoms with Gasteiger partial charge in [-0.3, -0.25) is 9.78 Å². The molecule has 0 aromatic carbocycles. The molecule has 0 unspecified atom stereocenters. The van der Waals surface area contributed by atoms with Crippen molar-refractivity contribution in [2.45, 2.75) is 6.61 Å². The van der Waals surface area contributed by atoms with Gasteiger partial charge in [0.1, 0.15) is 18.1 Å². The molecule has 0 atom stereocenters. The number of hydrogen-bond acceptors (Lipinski definition) is 7. The van der Waals surface area contributed by atoms with Gasteiger partial charge in [0, 0.05) is 24.7 Å². The lowest BCUT2D eigenvalue weighted by atomic mass is 10.3. The fraction of sp³-hybridized carbons (Fsp3) is 0.167. The van der Waals surface area contributed by atoms with Crippen molar-refractivity contribution in [1.82, 2.24) is 19.9 Å². The second-order valence-corrected chi connectivity index (χ2v) is 5.23. The van der Waals surface area contributed by atoms with Crippen LogP contribution in [0, 0.1) is 0 Å². The Morgan fingerprint density at radius 1 is 1.08 bits per heavy atom. The molecule has 0 aliphatic heterocycles. The number of carbonyl (C=O) groups excluding carboxylic acids is 1. The van der Waals surface area contributed by atoms with E-state index in [2.05, 4.69) is 25.3 Å². The summed E-state index contributed by atoms with van der Waals surface area (Å²) >= 11 is 0. The Kier molecular flexibility index (Phi) is 5.79. The average molecular weight is 351 g/mol. The van der Waals surface area contributed by atoms with Crippen molar-refractivity contribution < 1.29 is 14.3 Å². The largest absolute Gasteiger partial charge is 0.481 e. The van der Waals surface area contributed by atoms with Crippen LogP contribution in [0.3, 0.4) is 0 Å². The summed E-state index contributed by atoms with van der Waals surface area (Å²) in [6, 6.07) is 10.6. The quantitative estimate of drug-likeness (QED) is 0.696. The van der Waals surface area contributed by atoms with Gasteiger partial charge in [-0.1, -0.05) is 6.07 Å². The standard InChI is InChI=1S/C18H17N5O3/c1-25-17-10-13(5-8-20-17)11-26-12-16(24)22-15-6-9-21-18(23-15)14-4-2-3-7-19-14/h2-10H,11-12H2,1H3,(H,21,22,23,24). The molecule has 3 heterocycles. The van der Waals surface area contributed by atoms with E-state index in [-0.39, 0.29) is 19.1 Å². The van der Waals surface area contributed by atoms with E-state index < -0.39 is 0 Å². The molecule has 0 saturated carbocycles. The molecule has 8 heteroatoms. The lowest BCUT2D eigenvalue weighted by molar-refractivity contribution is -0.121. The maximum atomic E-state index is 12.0. The second kappa shape index (κ2) is 8.63. The van der Waals surface area contributed by atoms with Crippen LogP contribution in [0.5, 0.6) is 5.88 Å². The Balaban J connectivity index is 1.53. The highest BCUT2D eigenvalue weighted by Gasteiger charge is 2.07. The first-order valence-electron chi connectivity index (χ1n) is 7.85. The van der Waals surface area contributed by atoms with Crippen LogP contribution < -0.4 is 10.1 Å². The number of methoxy groups -OCH3 is 1. The van der Waals surface area contributed by atoms with E-state index in [0.29, 0.717) is 23.2 Å². The number of hydrogen-bond donors (Lipinski definition) is 1. The number of rotatable bonds is 7. The highest BCUT2D eigenvalue weighted by molar-refractivity contribution is 5.90. The van der Waals surface area contributed by atoms with Crippen molar-refractivity contribution in [2.24, 2.45) is 0 Å². The van der Waals surface area contributed by atoms with Crippen LogP contribution in [-0.2, 0) is 16.1 Å². The molecule has 3 aromatic rings. The first kappa shape index (κ1) is 17.4. The monoisotopic (exact) mass is 351 g/mol. The smallest absolute Gasteiger partial charge is 0.251 e. The Bertz CT molecular complexity index is 873. The van der Waals surface area contributed by atoms with Gasteiger partial charge in [0.15, 0.2) is 5.82 Å². The number of aromatic nitrogens is 4. The molecule has 1 N–H and O–H groups in total. The lowest BCUT2D eigenvalue weighted by Gasteiger charge is -2.07.